The number of rotatable bonds is 9. The van der Waals surface area contributed by atoms with Crippen LogP contribution in [0.25, 0.3) is 11.1 Å². The van der Waals surface area contributed by atoms with Crippen LogP contribution in [0.2, 0.25) is 0 Å². The summed E-state index contributed by atoms with van der Waals surface area (Å²) in [5.74, 6) is -2.41. The first-order chi connectivity index (χ1) is 16.9. The van der Waals surface area contributed by atoms with Gasteiger partial charge in [-0.2, -0.15) is 0 Å². The molecule has 1 aromatic heterocycles. The monoisotopic (exact) mass is 477 g/mol. The maximum Gasteiger partial charge on any atom is 0.407 e. The number of benzene rings is 2. The average Bonchev–Trinajstić information content (AvgIpc) is 3.17. The first-order valence-corrected chi connectivity index (χ1v) is 11.1. The number of aliphatic carboxylic acids is 1. The Morgan fingerprint density at radius 3 is 2.31 bits per heavy atom. The number of aromatic nitrogens is 1. The number of carbonyl (C=O) groups is 3. The molecule has 0 fully saturated rings. The summed E-state index contributed by atoms with van der Waals surface area (Å²) in [6.07, 6.45) is 1.15. The summed E-state index contributed by atoms with van der Waals surface area (Å²) in [5, 5.41) is 14.1. The SMILES string of the molecule is O=C(O)CCC(NC(=O)OCC1c2ccccc2-c2ccccc21)C(=O)NCc1cncc(F)c1. The number of hydrogen-bond acceptors (Lipinski definition) is 5. The molecule has 1 aliphatic carbocycles. The zero-order chi connectivity index (χ0) is 24.8. The molecule has 0 aliphatic heterocycles. The van der Waals surface area contributed by atoms with Crippen LogP contribution in [-0.2, 0) is 20.9 Å². The van der Waals surface area contributed by atoms with Crippen LogP contribution in [-0.4, -0.2) is 40.7 Å². The van der Waals surface area contributed by atoms with Crippen LogP contribution in [0.4, 0.5) is 9.18 Å². The number of nitrogens with one attached hydrogen (secondary N) is 2. The van der Waals surface area contributed by atoms with Gasteiger partial charge in [-0.1, -0.05) is 48.5 Å². The Labute approximate surface area is 201 Å². The van der Waals surface area contributed by atoms with E-state index in [4.69, 9.17) is 9.84 Å². The van der Waals surface area contributed by atoms with Crippen molar-refractivity contribution < 1.29 is 28.6 Å². The fourth-order valence-corrected chi connectivity index (χ4v) is 4.18. The summed E-state index contributed by atoms with van der Waals surface area (Å²) in [4.78, 5) is 40.0. The normalized spacial score (nSPS) is 12.8. The Bertz CT molecular complexity index is 1200. The van der Waals surface area contributed by atoms with Gasteiger partial charge in [0.25, 0.3) is 0 Å². The smallest absolute Gasteiger partial charge is 0.407 e. The van der Waals surface area contributed by atoms with Gasteiger partial charge >= 0.3 is 12.1 Å². The van der Waals surface area contributed by atoms with Gasteiger partial charge in [0, 0.05) is 25.1 Å². The molecule has 1 heterocycles. The van der Waals surface area contributed by atoms with Crippen LogP contribution < -0.4 is 10.6 Å². The van der Waals surface area contributed by atoms with Gasteiger partial charge in [-0.3, -0.25) is 14.6 Å². The van der Waals surface area contributed by atoms with Crippen LogP contribution in [0, 0.1) is 5.82 Å². The van der Waals surface area contributed by atoms with Crippen molar-refractivity contribution >= 4 is 18.0 Å². The highest BCUT2D eigenvalue weighted by molar-refractivity contribution is 5.86. The predicted molar refractivity (Wildman–Crippen MR) is 125 cm³/mol. The molecule has 4 rings (SSSR count). The second-order valence-corrected chi connectivity index (χ2v) is 8.18. The molecule has 180 valence electrons. The summed E-state index contributed by atoms with van der Waals surface area (Å²) in [5.41, 5.74) is 4.69. The zero-order valence-electron chi connectivity index (χ0n) is 18.7. The summed E-state index contributed by atoms with van der Waals surface area (Å²) in [6.45, 7) is 0.0294. The number of amides is 2. The topological polar surface area (TPSA) is 118 Å². The molecule has 2 aromatic carbocycles. The summed E-state index contributed by atoms with van der Waals surface area (Å²) in [7, 11) is 0. The van der Waals surface area contributed by atoms with Gasteiger partial charge in [0.2, 0.25) is 5.91 Å². The van der Waals surface area contributed by atoms with Crippen molar-refractivity contribution in [2.75, 3.05) is 6.61 Å². The fourth-order valence-electron chi connectivity index (χ4n) is 4.18. The maximum absolute atomic E-state index is 13.3. The highest BCUT2D eigenvalue weighted by atomic mass is 19.1. The molecule has 0 spiro atoms. The Balaban J connectivity index is 1.39. The van der Waals surface area contributed by atoms with Crippen molar-refractivity contribution in [3.8, 4) is 11.1 Å². The van der Waals surface area contributed by atoms with Gasteiger partial charge in [0.1, 0.15) is 18.5 Å². The molecule has 2 amide bonds. The first-order valence-electron chi connectivity index (χ1n) is 11.1. The standard InChI is InChI=1S/C26H24FN3O5/c27-17-11-16(12-28-14-17)13-29-25(33)23(9-10-24(31)32)30-26(34)35-15-22-20-7-3-1-5-18(20)19-6-2-4-8-21(19)22/h1-8,11-12,14,22-23H,9-10,13,15H2,(H,29,33)(H,30,34)(H,31,32). The van der Waals surface area contributed by atoms with Crippen LogP contribution >= 0.6 is 0 Å². The predicted octanol–water partition coefficient (Wildman–Crippen LogP) is 3.61. The van der Waals surface area contributed by atoms with E-state index < -0.39 is 29.8 Å². The Hall–Kier alpha value is -4.27. The van der Waals surface area contributed by atoms with Gasteiger partial charge in [0.15, 0.2) is 0 Å². The lowest BCUT2D eigenvalue weighted by Crippen LogP contribution is -2.47. The van der Waals surface area contributed by atoms with Crippen LogP contribution in [0.15, 0.2) is 67.0 Å². The zero-order valence-corrected chi connectivity index (χ0v) is 18.7. The minimum absolute atomic E-state index is 0.0282. The number of ether oxygens (including phenoxy) is 1. The molecule has 0 radical (unpaired) electrons. The van der Waals surface area contributed by atoms with E-state index >= 15 is 0 Å². The van der Waals surface area contributed by atoms with Crippen LogP contribution in [0.1, 0.15) is 35.4 Å². The van der Waals surface area contributed by atoms with Crippen molar-refractivity contribution in [2.45, 2.75) is 31.3 Å². The van der Waals surface area contributed by atoms with Crippen LogP contribution in [0.5, 0.6) is 0 Å². The largest absolute Gasteiger partial charge is 0.481 e. The summed E-state index contributed by atoms with van der Waals surface area (Å²) >= 11 is 0. The van der Waals surface area contributed by atoms with Gasteiger partial charge in [-0.25, -0.2) is 9.18 Å². The minimum atomic E-state index is -1.14. The number of hydrogen-bond donors (Lipinski definition) is 3. The Kier molecular flexibility index (Phi) is 7.35. The van der Waals surface area contributed by atoms with Crippen molar-refractivity contribution in [1.82, 2.24) is 15.6 Å². The number of halogens is 1. The lowest BCUT2D eigenvalue weighted by molar-refractivity contribution is -0.137. The van der Waals surface area contributed by atoms with E-state index in [1.54, 1.807) is 0 Å². The number of pyridine rings is 1. The third-order valence-electron chi connectivity index (χ3n) is 5.83. The highest BCUT2D eigenvalue weighted by Gasteiger charge is 2.30. The lowest BCUT2D eigenvalue weighted by Gasteiger charge is -2.19. The maximum atomic E-state index is 13.3. The number of alkyl carbamates (subject to hydrolysis) is 1. The van der Waals surface area contributed by atoms with E-state index in [1.165, 1.54) is 12.3 Å². The number of fused-ring (bicyclic) bond motifs is 3. The lowest BCUT2D eigenvalue weighted by atomic mass is 9.98. The molecule has 3 aromatic rings. The molecule has 0 bridgehead atoms. The molecule has 1 unspecified atom stereocenters. The molecular formula is C26H24FN3O5. The molecule has 0 saturated heterocycles. The molecule has 1 atom stereocenters. The van der Waals surface area contributed by atoms with Crippen molar-refractivity contribution in [3.05, 3.63) is 89.5 Å². The highest BCUT2D eigenvalue weighted by Crippen LogP contribution is 2.44. The molecule has 0 saturated carbocycles. The third kappa shape index (κ3) is 5.81. The van der Waals surface area contributed by atoms with E-state index in [9.17, 15) is 18.8 Å². The van der Waals surface area contributed by atoms with Gasteiger partial charge in [-0.15, -0.1) is 0 Å². The fraction of sp³-hybridized carbons (Fsp3) is 0.231. The van der Waals surface area contributed by atoms with Crippen LogP contribution in [0.3, 0.4) is 0 Å². The Morgan fingerprint density at radius 1 is 1.03 bits per heavy atom. The number of carboxylic acids is 1. The first kappa shape index (κ1) is 23.9. The van der Waals surface area contributed by atoms with Crippen molar-refractivity contribution in [1.29, 1.82) is 0 Å². The van der Waals surface area contributed by atoms with E-state index in [-0.39, 0.29) is 31.9 Å². The number of nitrogens with zero attached hydrogens (tertiary/aromatic N) is 1. The van der Waals surface area contributed by atoms with Crippen molar-refractivity contribution in [3.63, 3.8) is 0 Å². The Morgan fingerprint density at radius 2 is 1.69 bits per heavy atom. The third-order valence-corrected chi connectivity index (χ3v) is 5.83. The summed E-state index contributed by atoms with van der Waals surface area (Å²) < 4.78 is 18.8. The van der Waals surface area contributed by atoms with E-state index in [1.807, 2.05) is 48.5 Å². The molecular weight excluding hydrogens is 453 g/mol. The minimum Gasteiger partial charge on any atom is -0.481 e. The number of carbonyl (C=O) groups excluding carboxylic acids is 2. The second-order valence-electron chi connectivity index (χ2n) is 8.18. The van der Waals surface area contributed by atoms with Gasteiger partial charge in [-0.05, 0) is 40.3 Å². The summed E-state index contributed by atoms with van der Waals surface area (Å²) in [6, 6.07) is 15.9. The second kappa shape index (κ2) is 10.8. The molecule has 1 aliphatic rings. The number of carboxylic acid groups (broad SMARTS) is 1. The average molecular weight is 477 g/mol. The molecule has 3 N–H and O–H groups in total. The van der Waals surface area contributed by atoms with E-state index in [0.29, 0.717) is 5.56 Å². The van der Waals surface area contributed by atoms with Crippen molar-refractivity contribution in [2.24, 2.45) is 0 Å². The van der Waals surface area contributed by atoms with E-state index in [2.05, 4.69) is 15.6 Å². The quantitative estimate of drug-likeness (QED) is 0.433. The van der Waals surface area contributed by atoms with E-state index in [0.717, 1.165) is 28.5 Å². The molecule has 9 heteroatoms. The molecule has 8 nitrogen and oxygen atoms in total. The van der Waals surface area contributed by atoms with Gasteiger partial charge in [0.05, 0.1) is 6.20 Å². The van der Waals surface area contributed by atoms with Gasteiger partial charge < -0.3 is 20.5 Å². The molecule has 35 heavy (non-hydrogen) atoms.